The highest BCUT2D eigenvalue weighted by atomic mass is 16.8. The average Bonchev–Trinajstić information content (AvgIpc) is 0.752. The van der Waals surface area contributed by atoms with Crippen LogP contribution < -0.4 is 26.6 Å². The van der Waals surface area contributed by atoms with E-state index in [2.05, 4.69) is 26.6 Å². The van der Waals surface area contributed by atoms with Gasteiger partial charge in [0.05, 0.1) is 78.8 Å². The number of aliphatic hydroxyl groups excluding tert-OH is 32. The Balaban J connectivity index is 0.983. The molecule has 0 saturated carbocycles. The molecular formula is C82H137N5O60. The van der Waals surface area contributed by atoms with E-state index in [4.69, 9.17) is 109 Å². The first kappa shape index (κ1) is 121. The molecular weight excluding hydrogens is 2010 g/mol. The molecule has 0 radical (unpaired) electrons. The molecule has 5 amide bonds. The maximum Gasteiger partial charge on any atom is 0.217 e. The topological polar surface area (TPSA) is 1010 Å². The Labute approximate surface area is 832 Å². The number of hydrogen-bond donors (Lipinski definition) is 37. The molecule has 147 heavy (non-hydrogen) atoms. The lowest BCUT2D eigenvalue weighted by Gasteiger charge is -2.53. The normalized spacial score (nSPS) is 49.6. The standard InChI is InChI=1S/C82H137N5O60/c1-18-40(102)51(113)57(119)76(127-18)125-16-33-66(46(108)35(71(124)128-33)83-19(2)97)139-72-36(84-20(3)98)47(109)65(32(15-96)134-72)143-80-61(123)68(145-82-70(56(118)45(107)28(11-92)133-82)147-75-39(87-23(6)101)50(112)64(31(14-95)137-75)142-79-60(122)54(116)43(105)26(9-90)131-79)67(144-73-37(85-21(4)99)48(110)62(29(12-93)135-73)140-77-58(120)52(114)41(103)24(7-88)129-77)34(138-80)17-126-81-69(55(117)44(106)27(10-91)132-81)146-74-38(86-22(5)100)49(111)63(30(13-94)136-74)141-78-59(121)53(115)42(104)25(8-89)130-78/h18,24-82,88-96,102-124H,7-17H2,1-6H3,(H,83,97)(H,84,98)(H,85,99)(H,86,100)(H,87,101)/t18-,24+,25+,26+,27+,28+,29+,30+,31+,32+,33+,34+,35+,36+,37+,38+,39+,40+,41-,42-,43-,44+,45+,46+,47+,48+,49+,50+,51+,52-,53-,54-,55-,56-,57-,58+,59+,60+,61-,62+,63+,64+,65+,66+,67+,68+,69-,70-,71?,72-,73-,74-,75-,76+,77-,78-,79-,80-,81-,82+/m0/s1. The zero-order valence-corrected chi connectivity index (χ0v) is 79.2. The first-order valence-electron chi connectivity index (χ1n) is 47.0. The first-order chi connectivity index (χ1) is 69.5. The van der Waals surface area contributed by atoms with E-state index in [0.29, 0.717) is 0 Å². The summed E-state index contributed by atoms with van der Waals surface area (Å²) in [4.78, 5) is 66.7. The predicted molar refractivity (Wildman–Crippen MR) is 452 cm³/mol. The fraction of sp³-hybridized carbons (Fsp3) is 0.939. The van der Waals surface area contributed by atoms with Gasteiger partial charge < -0.3 is 299 Å². The Morgan fingerprint density at radius 1 is 0.190 bits per heavy atom. The summed E-state index contributed by atoms with van der Waals surface area (Å²) in [6.45, 7) is -7.73. The molecule has 12 rings (SSSR count). The number of aliphatic hydroxyl groups is 32. The van der Waals surface area contributed by atoms with Gasteiger partial charge in [-0.2, -0.15) is 0 Å². The Bertz CT molecular complexity index is 4110. The molecule has 12 fully saturated rings. The summed E-state index contributed by atoms with van der Waals surface area (Å²) in [6.07, 6.45) is -122. The fourth-order valence-corrected chi connectivity index (χ4v) is 19.2. The van der Waals surface area contributed by atoms with E-state index in [9.17, 15) is 187 Å². The van der Waals surface area contributed by atoms with Crippen molar-refractivity contribution in [2.75, 3.05) is 72.7 Å². The number of amides is 5. The van der Waals surface area contributed by atoms with Gasteiger partial charge in [-0.25, -0.2) is 0 Å². The molecule has 0 aromatic heterocycles. The number of nitrogens with one attached hydrogen (secondary N) is 5. The summed E-state index contributed by atoms with van der Waals surface area (Å²) < 4.78 is 140. The van der Waals surface area contributed by atoms with Crippen molar-refractivity contribution < 1.29 is 296 Å². The molecule has 1 unspecified atom stereocenters. The van der Waals surface area contributed by atoms with Crippen LogP contribution in [0.4, 0.5) is 0 Å². The highest BCUT2D eigenvalue weighted by Gasteiger charge is 2.64. The van der Waals surface area contributed by atoms with Crippen molar-refractivity contribution in [3.63, 3.8) is 0 Å². The van der Waals surface area contributed by atoms with Crippen LogP contribution in [0.5, 0.6) is 0 Å². The van der Waals surface area contributed by atoms with Gasteiger partial charge in [0.25, 0.3) is 0 Å². The Morgan fingerprint density at radius 2 is 0.408 bits per heavy atom. The van der Waals surface area contributed by atoms with E-state index in [1.54, 1.807) is 0 Å². The molecule has 12 aliphatic rings. The van der Waals surface area contributed by atoms with Crippen LogP contribution in [0.25, 0.3) is 0 Å². The van der Waals surface area contributed by atoms with Crippen LogP contribution in [0.1, 0.15) is 41.5 Å². The van der Waals surface area contributed by atoms with E-state index < -0.39 is 470 Å². The molecule has 12 heterocycles. The number of ether oxygens (including phenoxy) is 23. The Morgan fingerprint density at radius 3 is 0.735 bits per heavy atom. The molecule has 37 N–H and O–H groups in total. The SMILES string of the molecule is CC(=O)N[C@H]1[C@H](O[C@H]2[C@H](O)[C@@H](NC(C)=O)C(O)O[C@@H]2CO[C@@H]2O[C@@H](C)[C@@H](O)[C@@H](O)[C@@H]2O)O[C@H](CO)[C@@H](O[C@@H]2O[C@H](CO[C@H]3O[C@H](CO)[C@@H](O)[C@H](O)[C@@H]3O[C@@H]3O[C@H](CO)[C@@H](O[C@@H]4O[C@H](CO)[C@H](O)[C@H](O)[C@H]4O)[C@H](O)[C@H]3NC(C)=O)[C@@H](O[C@@H]3O[C@H](CO)[C@@H](O[C@@H]4O[C@H](CO)[C@H](O)[C@H](O)[C@H]4O)[C@H](O)[C@H]3NC(C)=O)[C@H](O[C@H]3O[C@H](CO)[C@@H](O)[C@H](O)[C@@H]3O[C@@H]3O[C@H](CO)[C@@H](O[C@@H]4O[C@H](CO)[C@H](O)[C@H](O)[C@H]4O)[C@H](O)[C@H]3NC(C)=O)[C@@H]2O)[C@@H]1O. The molecule has 0 spiro atoms. The van der Waals surface area contributed by atoms with Crippen LogP contribution in [0.3, 0.4) is 0 Å². The lowest BCUT2D eigenvalue weighted by atomic mass is 9.93. The fourth-order valence-electron chi connectivity index (χ4n) is 19.2. The van der Waals surface area contributed by atoms with Gasteiger partial charge in [-0.05, 0) is 6.92 Å². The van der Waals surface area contributed by atoms with Gasteiger partial charge in [0.1, 0.15) is 287 Å². The van der Waals surface area contributed by atoms with Gasteiger partial charge in [-0.1, -0.05) is 0 Å². The summed E-state index contributed by atoms with van der Waals surface area (Å²) in [7, 11) is 0. The van der Waals surface area contributed by atoms with Crippen molar-refractivity contribution in [1.82, 2.24) is 26.6 Å². The van der Waals surface area contributed by atoms with Crippen LogP contribution in [-0.2, 0) is 133 Å². The molecule has 65 heteroatoms. The molecule has 850 valence electrons. The second kappa shape index (κ2) is 52.8. The quantitative estimate of drug-likeness (QED) is 0.0273. The van der Waals surface area contributed by atoms with Crippen LogP contribution in [0.15, 0.2) is 0 Å². The van der Waals surface area contributed by atoms with E-state index >= 15 is 0 Å². The summed E-state index contributed by atoms with van der Waals surface area (Å²) in [6, 6.07) is -10.5. The van der Waals surface area contributed by atoms with Gasteiger partial charge in [0, 0.05) is 34.6 Å². The third-order valence-corrected chi connectivity index (χ3v) is 27.0. The molecule has 0 aromatic carbocycles. The Hall–Kier alpha value is -4.85. The van der Waals surface area contributed by atoms with Crippen LogP contribution in [0.2, 0.25) is 0 Å². The van der Waals surface area contributed by atoms with Crippen molar-refractivity contribution in [3.8, 4) is 0 Å². The van der Waals surface area contributed by atoms with Crippen molar-refractivity contribution >= 4 is 29.5 Å². The molecule has 65 nitrogen and oxygen atoms in total. The second-order valence-corrected chi connectivity index (χ2v) is 37.3. The monoisotopic (exact) mass is 2150 g/mol. The Kier molecular flexibility index (Phi) is 43.4. The van der Waals surface area contributed by atoms with Crippen molar-refractivity contribution in [2.24, 2.45) is 0 Å². The number of carbonyl (C=O) groups excluding carboxylic acids is 5. The van der Waals surface area contributed by atoms with Gasteiger partial charge in [0.2, 0.25) is 29.5 Å². The zero-order valence-electron chi connectivity index (χ0n) is 79.2. The highest BCUT2D eigenvalue weighted by Crippen LogP contribution is 2.43. The molecule has 0 bridgehead atoms. The van der Waals surface area contributed by atoms with E-state index in [1.807, 2.05) is 0 Å². The van der Waals surface area contributed by atoms with Crippen molar-refractivity contribution in [2.45, 2.75) is 410 Å². The van der Waals surface area contributed by atoms with Gasteiger partial charge in [-0.3, -0.25) is 24.0 Å². The average molecular weight is 2150 g/mol. The molecule has 12 aliphatic heterocycles. The maximum atomic E-state index is 13.7. The minimum absolute atomic E-state index is 0.837. The second-order valence-electron chi connectivity index (χ2n) is 37.3. The van der Waals surface area contributed by atoms with E-state index in [1.165, 1.54) is 6.92 Å². The predicted octanol–water partition coefficient (Wildman–Crippen LogP) is -25.4. The van der Waals surface area contributed by atoms with Crippen molar-refractivity contribution in [1.29, 1.82) is 0 Å². The number of rotatable bonds is 38. The van der Waals surface area contributed by atoms with Gasteiger partial charge >= 0.3 is 0 Å². The summed E-state index contributed by atoms with van der Waals surface area (Å²) in [5, 5.41) is 375. The number of hydrogen-bond acceptors (Lipinski definition) is 60. The molecule has 12 saturated heterocycles. The summed E-state index contributed by atoms with van der Waals surface area (Å²) in [5.41, 5.74) is 0. The van der Waals surface area contributed by atoms with E-state index in [0.717, 1.165) is 34.6 Å². The minimum atomic E-state index is -2.92. The smallest absolute Gasteiger partial charge is 0.217 e. The first-order valence-corrected chi connectivity index (χ1v) is 47.0. The third-order valence-electron chi connectivity index (χ3n) is 27.0. The largest absolute Gasteiger partial charge is 0.394 e. The van der Waals surface area contributed by atoms with Crippen LogP contribution in [0, 0.1) is 0 Å². The summed E-state index contributed by atoms with van der Waals surface area (Å²) in [5.74, 6) is -5.22. The molecule has 0 aliphatic carbocycles. The lowest BCUT2D eigenvalue weighted by Crippen LogP contribution is -2.72. The molecule has 0 aromatic rings. The lowest BCUT2D eigenvalue weighted by molar-refractivity contribution is -0.410. The van der Waals surface area contributed by atoms with E-state index in [-0.39, 0.29) is 0 Å². The highest BCUT2D eigenvalue weighted by molar-refractivity contribution is 5.75. The minimum Gasteiger partial charge on any atom is -0.394 e. The third kappa shape index (κ3) is 26.8. The van der Waals surface area contributed by atoms with Gasteiger partial charge in [-0.15, -0.1) is 0 Å². The van der Waals surface area contributed by atoms with Gasteiger partial charge in [0.15, 0.2) is 75.5 Å². The van der Waals surface area contributed by atoms with Crippen LogP contribution in [-0.4, -0.2) is 634 Å². The maximum absolute atomic E-state index is 13.7. The zero-order chi connectivity index (χ0) is 108. The number of carbonyl (C=O) groups is 5. The summed E-state index contributed by atoms with van der Waals surface area (Å²) >= 11 is 0. The molecule has 60 atom stereocenters. The van der Waals surface area contributed by atoms with Crippen LogP contribution >= 0.6 is 0 Å². The van der Waals surface area contributed by atoms with Crippen molar-refractivity contribution in [3.05, 3.63) is 0 Å².